The van der Waals surface area contributed by atoms with Crippen molar-refractivity contribution in [2.75, 3.05) is 76.1 Å². The van der Waals surface area contributed by atoms with Crippen LogP contribution < -0.4 is 20.7 Å². The van der Waals surface area contributed by atoms with Gasteiger partial charge in [-0.25, -0.2) is 9.37 Å². The van der Waals surface area contributed by atoms with Crippen molar-refractivity contribution in [1.82, 2.24) is 39.3 Å². The summed E-state index contributed by atoms with van der Waals surface area (Å²) < 4.78 is 29.7. The molecule has 43 heavy (non-hydrogen) atoms. The van der Waals surface area contributed by atoms with Gasteiger partial charge < -0.3 is 34.6 Å². The van der Waals surface area contributed by atoms with Gasteiger partial charge in [-0.15, -0.1) is 0 Å². The first-order chi connectivity index (χ1) is 21.0. The fourth-order valence-electron chi connectivity index (χ4n) is 5.71. The monoisotopic (exact) mass is 588 g/mol. The Kier molecular flexibility index (Phi) is 7.28. The molecule has 0 unspecified atom stereocenters. The maximum Gasteiger partial charge on any atom is 0.260 e. The zero-order chi connectivity index (χ0) is 29.3. The fraction of sp³-hybridized carbons (Fsp3) is 0.379. The molecule has 0 bridgehead atoms. The smallest absolute Gasteiger partial charge is 0.260 e. The van der Waals surface area contributed by atoms with Crippen LogP contribution in [0.5, 0.6) is 5.75 Å². The number of piperazine rings is 2. The number of ether oxygens (including phenoxy) is 1. The molecule has 5 aromatic rings. The number of furan rings is 1. The zero-order valence-corrected chi connectivity index (χ0v) is 23.7. The second-order valence-electron chi connectivity index (χ2n) is 10.7. The summed E-state index contributed by atoms with van der Waals surface area (Å²) in [7, 11) is 0. The summed E-state index contributed by atoms with van der Waals surface area (Å²) in [5, 5.41) is 7.75. The first-order valence-electron chi connectivity index (χ1n) is 14.5. The molecular formula is C29H33FN10O3. The number of nitrogen functional groups attached to an aromatic ring is 1. The third-order valence-electron chi connectivity index (χ3n) is 8.09. The van der Waals surface area contributed by atoms with E-state index in [-0.39, 0.29) is 24.3 Å². The molecule has 6 heterocycles. The molecule has 0 atom stereocenters. The molecular weight excluding hydrogens is 555 g/mol. The first-order valence-corrected chi connectivity index (χ1v) is 14.5. The van der Waals surface area contributed by atoms with Crippen LogP contribution >= 0.6 is 0 Å². The lowest BCUT2D eigenvalue weighted by atomic mass is 10.2. The van der Waals surface area contributed by atoms with Crippen LogP contribution in [0.3, 0.4) is 0 Å². The number of nitrogens with one attached hydrogen (secondary N) is 1. The number of hydrogen-bond acceptors (Lipinski definition) is 10. The summed E-state index contributed by atoms with van der Waals surface area (Å²) in [4.78, 5) is 27.7. The Morgan fingerprint density at radius 2 is 1.91 bits per heavy atom. The highest BCUT2D eigenvalue weighted by Gasteiger charge is 2.22. The quantitative estimate of drug-likeness (QED) is 0.276. The van der Waals surface area contributed by atoms with Gasteiger partial charge >= 0.3 is 0 Å². The minimum Gasteiger partial charge on any atom is -0.484 e. The van der Waals surface area contributed by atoms with E-state index < -0.39 is 0 Å². The van der Waals surface area contributed by atoms with E-state index in [9.17, 15) is 4.79 Å². The average Bonchev–Trinajstić information content (AvgIpc) is 3.80. The molecule has 0 radical (unpaired) electrons. The number of carbonyl (C=O) groups is 1. The number of fused-ring (bicyclic) bond motifs is 3. The molecule has 224 valence electrons. The zero-order valence-electron chi connectivity index (χ0n) is 23.7. The minimum atomic E-state index is -0.351. The van der Waals surface area contributed by atoms with Crippen LogP contribution in [0, 0.1) is 5.82 Å². The van der Waals surface area contributed by atoms with Crippen molar-refractivity contribution in [2.45, 2.75) is 6.54 Å². The van der Waals surface area contributed by atoms with Crippen LogP contribution in [0.4, 0.5) is 16.0 Å². The molecule has 4 aromatic heterocycles. The van der Waals surface area contributed by atoms with Gasteiger partial charge in [0.1, 0.15) is 28.3 Å². The van der Waals surface area contributed by atoms with Crippen molar-refractivity contribution in [1.29, 1.82) is 0 Å². The largest absolute Gasteiger partial charge is 0.484 e. The number of halogens is 1. The lowest BCUT2D eigenvalue weighted by molar-refractivity contribution is -0.133. The van der Waals surface area contributed by atoms with E-state index >= 15 is 4.39 Å². The summed E-state index contributed by atoms with van der Waals surface area (Å²) in [5.41, 5.74) is 9.65. The highest BCUT2D eigenvalue weighted by atomic mass is 19.1. The van der Waals surface area contributed by atoms with Crippen LogP contribution in [0.25, 0.3) is 28.1 Å². The molecule has 2 aliphatic rings. The Labute approximate surface area is 246 Å². The summed E-state index contributed by atoms with van der Waals surface area (Å²) in [6.45, 7) is 7.23. The molecule has 7 rings (SSSR count). The predicted octanol–water partition coefficient (Wildman–Crippen LogP) is 1.69. The maximum absolute atomic E-state index is 15.0. The van der Waals surface area contributed by atoms with Gasteiger partial charge in [0.05, 0.1) is 18.3 Å². The molecule has 14 heteroatoms. The van der Waals surface area contributed by atoms with Gasteiger partial charge in [0, 0.05) is 71.5 Å². The molecule has 2 saturated heterocycles. The highest BCUT2D eigenvalue weighted by molar-refractivity contribution is 5.90. The number of hydrogen-bond donors (Lipinski definition) is 2. The van der Waals surface area contributed by atoms with Crippen molar-refractivity contribution in [2.24, 2.45) is 0 Å². The number of carbonyl (C=O) groups excluding carboxylic acids is 1. The number of benzene rings is 1. The minimum absolute atomic E-state index is 0.0839. The van der Waals surface area contributed by atoms with Crippen LogP contribution in [-0.2, 0) is 11.3 Å². The van der Waals surface area contributed by atoms with E-state index in [1.165, 1.54) is 6.07 Å². The number of anilines is 2. The van der Waals surface area contributed by atoms with E-state index in [1.54, 1.807) is 34.1 Å². The molecule has 0 spiro atoms. The number of rotatable bonds is 8. The Bertz CT molecular complexity index is 1740. The Morgan fingerprint density at radius 1 is 1.07 bits per heavy atom. The van der Waals surface area contributed by atoms with Crippen LogP contribution in [0.15, 0.2) is 53.4 Å². The number of aromatic nitrogens is 5. The molecule has 1 aromatic carbocycles. The second-order valence-corrected chi connectivity index (χ2v) is 10.7. The van der Waals surface area contributed by atoms with E-state index in [2.05, 4.69) is 25.3 Å². The van der Waals surface area contributed by atoms with Gasteiger partial charge in [-0.1, -0.05) is 0 Å². The van der Waals surface area contributed by atoms with Crippen molar-refractivity contribution < 1.29 is 18.3 Å². The maximum atomic E-state index is 15.0. The van der Waals surface area contributed by atoms with E-state index in [1.807, 2.05) is 27.7 Å². The van der Waals surface area contributed by atoms with E-state index in [0.29, 0.717) is 61.3 Å². The average molecular weight is 589 g/mol. The second kappa shape index (κ2) is 11.5. The molecule has 0 saturated carbocycles. The van der Waals surface area contributed by atoms with E-state index in [0.717, 1.165) is 43.8 Å². The number of nitrogens with zero attached hydrogens (tertiary/aromatic N) is 8. The van der Waals surface area contributed by atoms with Gasteiger partial charge in [-0.2, -0.15) is 14.6 Å². The lowest BCUT2D eigenvalue weighted by Gasteiger charge is -2.36. The summed E-state index contributed by atoms with van der Waals surface area (Å²) in [6.07, 6.45) is 3.39. The van der Waals surface area contributed by atoms with Crippen molar-refractivity contribution in [3.63, 3.8) is 0 Å². The molecule has 1 amide bonds. The molecule has 2 fully saturated rings. The summed E-state index contributed by atoms with van der Waals surface area (Å²) in [6, 6.07) is 10.4. The normalized spacial score (nSPS) is 16.4. The van der Waals surface area contributed by atoms with Crippen molar-refractivity contribution in [3.8, 4) is 17.2 Å². The fourth-order valence-corrected chi connectivity index (χ4v) is 5.71. The van der Waals surface area contributed by atoms with Gasteiger partial charge in [0.15, 0.2) is 18.0 Å². The van der Waals surface area contributed by atoms with Crippen LogP contribution in [0.1, 0.15) is 0 Å². The van der Waals surface area contributed by atoms with Crippen molar-refractivity contribution >= 4 is 34.2 Å². The molecule has 2 aliphatic heterocycles. The Hall–Kier alpha value is -4.69. The van der Waals surface area contributed by atoms with Gasteiger partial charge in [0.2, 0.25) is 5.95 Å². The number of nitrogens with two attached hydrogens (primary N) is 1. The molecule has 3 N–H and O–H groups in total. The number of imidazole rings is 1. The Balaban J connectivity index is 0.945. The third kappa shape index (κ3) is 5.46. The van der Waals surface area contributed by atoms with Crippen molar-refractivity contribution in [3.05, 3.63) is 54.8 Å². The topological polar surface area (TPSA) is 135 Å². The highest BCUT2D eigenvalue weighted by Crippen LogP contribution is 2.27. The SMILES string of the molecule is Nc1nc2c(ncn2CCN2CCN(c3ccc(OCC(=O)N4CCNCC4)cc3F)CC2)c2cc(-c3ccco3)nn12. The van der Waals surface area contributed by atoms with Crippen LogP contribution in [-0.4, -0.2) is 105 Å². The van der Waals surface area contributed by atoms with E-state index in [4.69, 9.17) is 14.9 Å². The standard InChI is InChI=1S/C29H33FN10O3/c30-21-16-20(43-18-26(41)38-7-5-32-6-8-38)3-4-23(21)37-12-9-36(10-13-37)11-14-39-19-33-27-24-17-22(25-2-1-15-42-25)35-40(24)29(31)34-28(27)39/h1-4,15-17,19,32H,5-14,18H2,(H2,31,34). The molecule has 0 aliphatic carbocycles. The molecule has 13 nitrogen and oxygen atoms in total. The lowest BCUT2D eigenvalue weighted by Crippen LogP contribution is -2.48. The van der Waals surface area contributed by atoms with Gasteiger partial charge in [-0.3, -0.25) is 9.69 Å². The first kappa shape index (κ1) is 27.2. The van der Waals surface area contributed by atoms with Gasteiger partial charge in [0.25, 0.3) is 5.91 Å². The number of amides is 1. The third-order valence-corrected chi connectivity index (χ3v) is 8.09. The summed E-state index contributed by atoms with van der Waals surface area (Å²) >= 11 is 0. The predicted molar refractivity (Wildman–Crippen MR) is 158 cm³/mol. The summed E-state index contributed by atoms with van der Waals surface area (Å²) in [5.74, 6) is 0.850. The van der Waals surface area contributed by atoms with Gasteiger partial charge in [-0.05, 0) is 30.3 Å². The Morgan fingerprint density at radius 3 is 2.67 bits per heavy atom. The van der Waals surface area contributed by atoms with Crippen LogP contribution in [0.2, 0.25) is 0 Å².